The molecule has 0 spiro atoms. The second kappa shape index (κ2) is 6.52. The summed E-state index contributed by atoms with van der Waals surface area (Å²) in [5.74, 6) is 0.612. The van der Waals surface area contributed by atoms with Crippen molar-refractivity contribution in [2.45, 2.75) is 27.2 Å². The minimum Gasteiger partial charge on any atom is -0.486 e. The van der Waals surface area contributed by atoms with Gasteiger partial charge in [-0.3, -0.25) is 4.79 Å². The molecule has 0 heterocycles. The lowest BCUT2D eigenvalue weighted by molar-refractivity contribution is -0.124. The van der Waals surface area contributed by atoms with Gasteiger partial charge < -0.3 is 15.8 Å². The van der Waals surface area contributed by atoms with Crippen LogP contribution in [0.2, 0.25) is 0 Å². The van der Waals surface area contributed by atoms with Gasteiger partial charge in [-0.05, 0) is 18.6 Å². The Balaban J connectivity index is 2.72. The van der Waals surface area contributed by atoms with Crippen molar-refractivity contribution in [3.8, 4) is 5.75 Å². The highest BCUT2D eigenvalue weighted by atomic mass is 32.1. The van der Waals surface area contributed by atoms with Crippen LogP contribution in [0, 0.1) is 5.41 Å². The standard InChI is InChI=1S/C14H20N2O2S/c1-4-14(2,3)13(17)16-10-6-5-7-11(8-10)18-9-12(15)19/h5-8H,4,9H2,1-3H3,(H2,15,19)(H,16,17). The number of rotatable bonds is 6. The highest BCUT2D eigenvalue weighted by Gasteiger charge is 2.25. The van der Waals surface area contributed by atoms with Crippen molar-refractivity contribution >= 4 is 28.8 Å². The van der Waals surface area contributed by atoms with Crippen LogP contribution >= 0.6 is 12.2 Å². The average molecular weight is 280 g/mol. The summed E-state index contributed by atoms with van der Waals surface area (Å²) in [6, 6.07) is 7.17. The van der Waals surface area contributed by atoms with Gasteiger partial charge in [-0.1, -0.05) is 39.1 Å². The average Bonchev–Trinajstić information content (AvgIpc) is 2.36. The highest BCUT2D eigenvalue weighted by Crippen LogP contribution is 2.24. The van der Waals surface area contributed by atoms with E-state index in [0.29, 0.717) is 16.4 Å². The van der Waals surface area contributed by atoms with Gasteiger partial charge in [0.25, 0.3) is 0 Å². The zero-order valence-corrected chi connectivity index (χ0v) is 12.3. The number of benzene rings is 1. The summed E-state index contributed by atoms with van der Waals surface area (Å²) in [6.07, 6.45) is 0.774. The number of amides is 1. The van der Waals surface area contributed by atoms with Gasteiger partial charge in [-0.2, -0.15) is 0 Å². The molecular formula is C14H20N2O2S. The fourth-order valence-electron chi connectivity index (χ4n) is 1.28. The number of hydrogen-bond donors (Lipinski definition) is 2. The molecule has 0 aromatic heterocycles. The summed E-state index contributed by atoms with van der Waals surface area (Å²) in [7, 11) is 0. The maximum Gasteiger partial charge on any atom is 0.230 e. The summed E-state index contributed by atoms with van der Waals surface area (Å²) in [6.45, 7) is 6.00. The quantitative estimate of drug-likeness (QED) is 0.786. The molecular weight excluding hydrogens is 260 g/mol. The molecule has 1 aromatic carbocycles. The van der Waals surface area contributed by atoms with Crippen LogP contribution in [0.3, 0.4) is 0 Å². The predicted octanol–water partition coefficient (Wildman–Crippen LogP) is 2.73. The van der Waals surface area contributed by atoms with E-state index in [4.69, 9.17) is 22.7 Å². The Morgan fingerprint density at radius 2 is 2.16 bits per heavy atom. The molecule has 5 heteroatoms. The second-order valence-corrected chi connectivity index (χ2v) is 5.50. The number of hydrogen-bond acceptors (Lipinski definition) is 3. The van der Waals surface area contributed by atoms with E-state index in [1.54, 1.807) is 12.1 Å². The van der Waals surface area contributed by atoms with Crippen molar-refractivity contribution in [1.82, 2.24) is 0 Å². The topological polar surface area (TPSA) is 64.3 Å². The normalized spacial score (nSPS) is 10.9. The molecule has 1 amide bonds. The zero-order chi connectivity index (χ0) is 14.5. The third kappa shape index (κ3) is 4.87. The van der Waals surface area contributed by atoms with E-state index >= 15 is 0 Å². The third-order valence-corrected chi connectivity index (χ3v) is 3.09. The number of carbonyl (C=O) groups is 1. The lowest BCUT2D eigenvalue weighted by Crippen LogP contribution is -2.29. The van der Waals surface area contributed by atoms with Crippen LogP contribution in [-0.4, -0.2) is 17.5 Å². The number of nitrogens with two attached hydrogens (primary N) is 1. The molecule has 0 saturated heterocycles. The van der Waals surface area contributed by atoms with Crippen molar-refractivity contribution < 1.29 is 9.53 Å². The van der Waals surface area contributed by atoms with Gasteiger partial charge in [0.1, 0.15) is 17.3 Å². The monoisotopic (exact) mass is 280 g/mol. The van der Waals surface area contributed by atoms with Crippen LogP contribution in [-0.2, 0) is 4.79 Å². The molecule has 0 fully saturated rings. The summed E-state index contributed by atoms with van der Waals surface area (Å²) in [4.78, 5) is 12.3. The zero-order valence-electron chi connectivity index (χ0n) is 11.5. The Morgan fingerprint density at radius 1 is 1.47 bits per heavy atom. The molecule has 0 aliphatic carbocycles. The smallest absolute Gasteiger partial charge is 0.230 e. The second-order valence-electron chi connectivity index (χ2n) is 4.97. The van der Waals surface area contributed by atoms with E-state index in [9.17, 15) is 4.79 Å². The first-order valence-electron chi connectivity index (χ1n) is 6.18. The van der Waals surface area contributed by atoms with Crippen LogP contribution in [0.5, 0.6) is 5.75 Å². The van der Waals surface area contributed by atoms with Crippen molar-refractivity contribution in [2.75, 3.05) is 11.9 Å². The molecule has 0 bridgehead atoms. The van der Waals surface area contributed by atoms with Crippen LogP contribution < -0.4 is 15.8 Å². The first kappa shape index (κ1) is 15.4. The Labute approximate surface area is 119 Å². The number of thiocarbonyl (C=S) groups is 1. The van der Waals surface area contributed by atoms with Gasteiger partial charge in [0.2, 0.25) is 5.91 Å². The number of anilines is 1. The Bertz CT molecular complexity index is 472. The lowest BCUT2D eigenvalue weighted by atomic mass is 9.89. The largest absolute Gasteiger partial charge is 0.486 e. The Hall–Kier alpha value is -1.62. The van der Waals surface area contributed by atoms with Crippen molar-refractivity contribution in [3.05, 3.63) is 24.3 Å². The molecule has 1 aromatic rings. The molecule has 3 N–H and O–H groups in total. The number of ether oxygens (including phenoxy) is 1. The molecule has 0 radical (unpaired) electrons. The van der Waals surface area contributed by atoms with E-state index in [0.717, 1.165) is 6.42 Å². The Morgan fingerprint density at radius 3 is 2.74 bits per heavy atom. The maximum absolute atomic E-state index is 12.0. The summed E-state index contributed by atoms with van der Waals surface area (Å²) in [5.41, 5.74) is 5.68. The van der Waals surface area contributed by atoms with Gasteiger partial charge in [0.15, 0.2) is 0 Å². The van der Waals surface area contributed by atoms with Crippen LogP contribution in [0.15, 0.2) is 24.3 Å². The van der Waals surface area contributed by atoms with Crippen molar-refractivity contribution in [1.29, 1.82) is 0 Å². The summed E-state index contributed by atoms with van der Waals surface area (Å²) in [5, 5.41) is 2.88. The summed E-state index contributed by atoms with van der Waals surface area (Å²) < 4.78 is 5.38. The van der Waals surface area contributed by atoms with E-state index in [2.05, 4.69) is 5.32 Å². The first-order chi connectivity index (χ1) is 8.85. The predicted molar refractivity (Wildman–Crippen MR) is 81.4 cm³/mol. The van der Waals surface area contributed by atoms with E-state index in [-0.39, 0.29) is 12.5 Å². The van der Waals surface area contributed by atoms with Gasteiger partial charge in [0, 0.05) is 17.2 Å². The van der Waals surface area contributed by atoms with E-state index < -0.39 is 5.41 Å². The van der Waals surface area contributed by atoms with Crippen molar-refractivity contribution in [3.63, 3.8) is 0 Å². The lowest BCUT2D eigenvalue weighted by Gasteiger charge is -2.21. The van der Waals surface area contributed by atoms with Crippen LogP contribution in [0.4, 0.5) is 5.69 Å². The maximum atomic E-state index is 12.0. The van der Waals surface area contributed by atoms with Crippen LogP contribution in [0.1, 0.15) is 27.2 Å². The molecule has 0 saturated carbocycles. The van der Waals surface area contributed by atoms with Gasteiger partial charge in [-0.25, -0.2) is 0 Å². The molecule has 0 unspecified atom stereocenters. The molecule has 0 aliphatic rings. The van der Waals surface area contributed by atoms with Gasteiger partial charge in [-0.15, -0.1) is 0 Å². The molecule has 1 rings (SSSR count). The highest BCUT2D eigenvalue weighted by molar-refractivity contribution is 7.80. The fraction of sp³-hybridized carbons (Fsp3) is 0.429. The molecule has 19 heavy (non-hydrogen) atoms. The SMILES string of the molecule is CCC(C)(C)C(=O)Nc1cccc(OCC(N)=S)c1. The minimum absolute atomic E-state index is 0.0125. The van der Waals surface area contributed by atoms with E-state index in [1.807, 2.05) is 32.9 Å². The van der Waals surface area contributed by atoms with Gasteiger partial charge >= 0.3 is 0 Å². The molecule has 0 aliphatic heterocycles. The third-order valence-electron chi connectivity index (χ3n) is 2.97. The molecule has 0 atom stereocenters. The minimum atomic E-state index is -0.393. The van der Waals surface area contributed by atoms with E-state index in [1.165, 1.54) is 0 Å². The first-order valence-corrected chi connectivity index (χ1v) is 6.58. The molecule has 104 valence electrons. The Kier molecular flexibility index (Phi) is 5.30. The van der Waals surface area contributed by atoms with Gasteiger partial charge in [0.05, 0.1) is 0 Å². The fourth-order valence-corrected chi connectivity index (χ4v) is 1.34. The number of nitrogens with one attached hydrogen (secondary N) is 1. The van der Waals surface area contributed by atoms with Crippen molar-refractivity contribution in [2.24, 2.45) is 11.1 Å². The number of carbonyl (C=O) groups excluding carboxylic acids is 1. The summed E-state index contributed by atoms with van der Waals surface area (Å²) >= 11 is 4.75. The van der Waals surface area contributed by atoms with Crippen LogP contribution in [0.25, 0.3) is 0 Å². The molecule has 4 nitrogen and oxygen atoms in total.